The lowest BCUT2D eigenvalue weighted by Gasteiger charge is -2.23. The van der Waals surface area contributed by atoms with Gasteiger partial charge in [-0.1, -0.05) is 0 Å². The van der Waals surface area contributed by atoms with Crippen LogP contribution in [0.3, 0.4) is 0 Å². The molecule has 0 radical (unpaired) electrons. The summed E-state index contributed by atoms with van der Waals surface area (Å²) < 4.78 is 1.15. The Labute approximate surface area is 103 Å². The fraction of sp³-hybridized carbons (Fsp3) is 0.545. The maximum absolute atomic E-state index is 12.0. The molecule has 0 unspecified atom stereocenters. The molecule has 1 aliphatic rings. The quantitative estimate of drug-likeness (QED) is 0.686. The fourth-order valence-corrected chi connectivity index (χ4v) is 2.16. The van der Waals surface area contributed by atoms with Crippen molar-refractivity contribution >= 4 is 5.91 Å². The molecule has 0 aromatic carbocycles. The summed E-state index contributed by atoms with van der Waals surface area (Å²) in [6.45, 7) is 0.417. The minimum atomic E-state index is -0.601. The minimum Gasteiger partial charge on any atom is -0.394 e. The third kappa shape index (κ3) is 2.51. The smallest absolute Gasteiger partial charge is 0.328 e. The maximum atomic E-state index is 12.0. The third-order valence-electron chi connectivity index (χ3n) is 3.11. The minimum absolute atomic E-state index is 0.0632. The number of hydrogen-bond acceptors (Lipinski definition) is 4. The van der Waals surface area contributed by atoms with Gasteiger partial charge in [0, 0.05) is 18.8 Å². The van der Waals surface area contributed by atoms with Crippen molar-refractivity contribution in [3.05, 3.63) is 33.1 Å². The monoisotopic (exact) mass is 253 g/mol. The van der Waals surface area contributed by atoms with E-state index in [0.717, 1.165) is 17.4 Å². The van der Waals surface area contributed by atoms with Crippen LogP contribution >= 0.6 is 0 Å². The van der Waals surface area contributed by atoms with Crippen molar-refractivity contribution in [1.29, 1.82) is 0 Å². The Morgan fingerprint density at radius 3 is 2.94 bits per heavy atom. The summed E-state index contributed by atoms with van der Waals surface area (Å²) in [7, 11) is 0. The van der Waals surface area contributed by atoms with Gasteiger partial charge in [0.1, 0.15) is 6.54 Å². The van der Waals surface area contributed by atoms with Crippen molar-refractivity contribution in [2.75, 3.05) is 13.2 Å². The van der Waals surface area contributed by atoms with Crippen molar-refractivity contribution in [3.8, 4) is 0 Å². The molecule has 0 bridgehead atoms. The number of rotatable bonds is 3. The number of carbonyl (C=O) groups is 1. The van der Waals surface area contributed by atoms with Gasteiger partial charge in [0.25, 0.3) is 5.56 Å². The SMILES string of the molecule is O=C(Cn1ccc(=O)[nH]c1=O)N1CCC[C@H]1CO. The summed E-state index contributed by atoms with van der Waals surface area (Å²) in [4.78, 5) is 38.0. The average Bonchev–Trinajstić information content (AvgIpc) is 2.81. The van der Waals surface area contributed by atoms with E-state index in [1.54, 1.807) is 4.90 Å². The van der Waals surface area contributed by atoms with E-state index in [9.17, 15) is 14.4 Å². The van der Waals surface area contributed by atoms with Crippen LogP contribution in [0.15, 0.2) is 21.9 Å². The van der Waals surface area contributed by atoms with E-state index in [2.05, 4.69) is 4.98 Å². The number of H-pyrrole nitrogens is 1. The zero-order valence-electron chi connectivity index (χ0n) is 9.83. The van der Waals surface area contributed by atoms with E-state index >= 15 is 0 Å². The predicted octanol–water partition coefficient (Wildman–Crippen LogP) is -1.48. The van der Waals surface area contributed by atoms with Gasteiger partial charge in [-0.05, 0) is 12.8 Å². The molecule has 1 saturated heterocycles. The molecule has 1 amide bonds. The predicted molar refractivity (Wildman–Crippen MR) is 63.1 cm³/mol. The number of hydrogen-bond donors (Lipinski definition) is 2. The zero-order valence-corrected chi connectivity index (χ0v) is 9.83. The Bertz CT molecular complexity index is 548. The van der Waals surface area contributed by atoms with Crippen LogP contribution < -0.4 is 11.2 Å². The van der Waals surface area contributed by atoms with E-state index < -0.39 is 11.2 Å². The Morgan fingerprint density at radius 1 is 1.50 bits per heavy atom. The molecule has 1 aromatic heterocycles. The Kier molecular flexibility index (Phi) is 3.61. The summed E-state index contributed by atoms with van der Waals surface area (Å²) in [5, 5.41) is 9.13. The molecule has 98 valence electrons. The normalized spacial score (nSPS) is 19.2. The highest BCUT2D eigenvalue weighted by Crippen LogP contribution is 2.16. The van der Waals surface area contributed by atoms with Crippen LogP contribution in [0.4, 0.5) is 0 Å². The molecule has 2 heterocycles. The highest BCUT2D eigenvalue weighted by atomic mass is 16.3. The van der Waals surface area contributed by atoms with Crippen molar-refractivity contribution < 1.29 is 9.90 Å². The lowest BCUT2D eigenvalue weighted by molar-refractivity contribution is -0.133. The molecular formula is C11H15N3O4. The van der Waals surface area contributed by atoms with Crippen LogP contribution in [0, 0.1) is 0 Å². The number of likely N-dealkylation sites (tertiary alicyclic amines) is 1. The van der Waals surface area contributed by atoms with Crippen LogP contribution in [0.25, 0.3) is 0 Å². The molecule has 1 aliphatic heterocycles. The summed E-state index contributed by atoms with van der Waals surface area (Å²) in [6.07, 6.45) is 2.93. The Balaban J connectivity index is 2.11. The molecule has 0 spiro atoms. The van der Waals surface area contributed by atoms with Gasteiger partial charge < -0.3 is 10.0 Å². The number of aliphatic hydroxyl groups is 1. The van der Waals surface area contributed by atoms with Crippen molar-refractivity contribution in [1.82, 2.24) is 14.5 Å². The van der Waals surface area contributed by atoms with E-state index in [1.165, 1.54) is 12.3 Å². The van der Waals surface area contributed by atoms with Gasteiger partial charge in [-0.2, -0.15) is 0 Å². The van der Waals surface area contributed by atoms with Gasteiger partial charge in [0.2, 0.25) is 5.91 Å². The first-order valence-corrected chi connectivity index (χ1v) is 5.82. The van der Waals surface area contributed by atoms with E-state index in [-0.39, 0.29) is 25.1 Å². The molecule has 0 aliphatic carbocycles. The number of amides is 1. The zero-order chi connectivity index (χ0) is 13.1. The molecule has 1 aromatic rings. The average molecular weight is 253 g/mol. The maximum Gasteiger partial charge on any atom is 0.328 e. The fourth-order valence-electron chi connectivity index (χ4n) is 2.16. The van der Waals surface area contributed by atoms with Crippen LogP contribution in [0.2, 0.25) is 0 Å². The summed E-state index contributed by atoms with van der Waals surface area (Å²) in [5.74, 6) is -0.222. The van der Waals surface area contributed by atoms with Crippen LogP contribution in [-0.4, -0.2) is 44.7 Å². The number of aromatic nitrogens is 2. The molecule has 2 rings (SSSR count). The second kappa shape index (κ2) is 5.18. The van der Waals surface area contributed by atoms with Gasteiger partial charge in [-0.3, -0.25) is 19.1 Å². The van der Waals surface area contributed by atoms with Crippen LogP contribution in [0.5, 0.6) is 0 Å². The molecule has 7 heteroatoms. The van der Waals surface area contributed by atoms with Gasteiger partial charge in [-0.15, -0.1) is 0 Å². The molecule has 7 nitrogen and oxygen atoms in total. The number of nitrogens with one attached hydrogen (secondary N) is 1. The third-order valence-corrected chi connectivity index (χ3v) is 3.11. The van der Waals surface area contributed by atoms with Crippen molar-refractivity contribution in [2.24, 2.45) is 0 Å². The second-order valence-corrected chi connectivity index (χ2v) is 4.30. The molecule has 18 heavy (non-hydrogen) atoms. The van der Waals surface area contributed by atoms with Crippen molar-refractivity contribution in [3.63, 3.8) is 0 Å². The number of aromatic amines is 1. The van der Waals surface area contributed by atoms with E-state index in [1.807, 2.05) is 0 Å². The summed E-state index contributed by atoms with van der Waals surface area (Å²) >= 11 is 0. The van der Waals surface area contributed by atoms with E-state index in [0.29, 0.717) is 6.54 Å². The molecular weight excluding hydrogens is 238 g/mol. The number of nitrogens with zero attached hydrogens (tertiary/aromatic N) is 2. The van der Waals surface area contributed by atoms with Crippen LogP contribution in [-0.2, 0) is 11.3 Å². The number of carbonyl (C=O) groups excluding carboxylic acids is 1. The lowest BCUT2D eigenvalue weighted by Crippen LogP contribution is -2.42. The van der Waals surface area contributed by atoms with Gasteiger partial charge >= 0.3 is 5.69 Å². The summed E-state index contributed by atoms with van der Waals surface area (Å²) in [5.41, 5.74) is -1.09. The first kappa shape index (κ1) is 12.6. The van der Waals surface area contributed by atoms with Crippen LogP contribution in [0.1, 0.15) is 12.8 Å². The highest BCUT2D eigenvalue weighted by molar-refractivity contribution is 5.76. The first-order chi connectivity index (χ1) is 8.61. The standard InChI is InChI=1S/C11H15N3O4/c15-7-8-2-1-4-14(8)10(17)6-13-5-3-9(16)12-11(13)18/h3,5,8,15H,1-2,4,6-7H2,(H,12,16,18)/t8-/m0/s1. The van der Waals surface area contributed by atoms with Gasteiger partial charge in [0.15, 0.2) is 0 Å². The summed E-state index contributed by atoms with van der Waals surface area (Å²) in [6, 6.07) is 1.04. The Morgan fingerprint density at radius 2 is 2.28 bits per heavy atom. The largest absolute Gasteiger partial charge is 0.394 e. The lowest BCUT2D eigenvalue weighted by atomic mass is 10.2. The van der Waals surface area contributed by atoms with E-state index in [4.69, 9.17) is 5.11 Å². The second-order valence-electron chi connectivity index (χ2n) is 4.30. The first-order valence-electron chi connectivity index (χ1n) is 5.82. The molecule has 2 N–H and O–H groups in total. The topological polar surface area (TPSA) is 95.4 Å². The van der Waals surface area contributed by atoms with Crippen molar-refractivity contribution in [2.45, 2.75) is 25.4 Å². The van der Waals surface area contributed by atoms with Gasteiger partial charge in [-0.25, -0.2) is 4.79 Å². The Hall–Kier alpha value is -1.89. The molecule has 1 atom stereocenters. The highest BCUT2D eigenvalue weighted by Gasteiger charge is 2.27. The molecule has 1 fully saturated rings. The number of aliphatic hydroxyl groups excluding tert-OH is 1. The van der Waals surface area contributed by atoms with Gasteiger partial charge in [0.05, 0.1) is 12.6 Å². The molecule has 0 saturated carbocycles.